The molecule has 1 atom stereocenters. The van der Waals surface area contributed by atoms with Crippen molar-refractivity contribution in [1.29, 1.82) is 0 Å². The lowest BCUT2D eigenvalue weighted by Gasteiger charge is -2.09. The Balaban J connectivity index is 2.46. The van der Waals surface area contributed by atoms with Gasteiger partial charge in [-0.2, -0.15) is 0 Å². The van der Waals surface area contributed by atoms with Crippen molar-refractivity contribution in [1.82, 2.24) is 0 Å². The van der Waals surface area contributed by atoms with Crippen molar-refractivity contribution in [2.45, 2.75) is 30.4 Å². The van der Waals surface area contributed by atoms with Crippen LogP contribution in [0, 0.1) is 6.92 Å². The van der Waals surface area contributed by atoms with Gasteiger partial charge in [0.15, 0.2) is 0 Å². The van der Waals surface area contributed by atoms with Gasteiger partial charge in [0.2, 0.25) is 5.91 Å². The quantitative estimate of drug-likeness (QED) is 0.708. The molecular weight excluding hydrogens is 194 g/mol. The highest BCUT2D eigenvalue weighted by Gasteiger charge is 2.19. The first kappa shape index (κ1) is 9.59. The number of benzene rings is 1. The molecule has 0 bridgehead atoms. The van der Waals surface area contributed by atoms with Crippen molar-refractivity contribution in [3.63, 3.8) is 0 Å². The summed E-state index contributed by atoms with van der Waals surface area (Å²) in [6, 6.07) is 6.12. The minimum absolute atomic E-state index is 0.123. The molecule has 0 aliphatic carbocycles. The third-order valence-corrected chi connectivity index (χ3v) is 3.46. The average Bonchev–Trinajstić information content (AvgIpc) is 2.23. The molecule has 1 aliphatic rings. The minimum Gasteiger partial charge on any atom is -0.325 e. The van der Waals surface area contributed by atoms with Crippen LogP contribution in [0.25, 0.3) is 0 Å². The van der Waals surface area contributed by atoms with Crippen LogP contribution in [-0.4, -0.2) is 11.2 Å². The second kappa shape index (κ2) is 3.65. The maximum absolute atomic E-state index is 11.5. The van der Waals surface area contributed by atoms with Gasteiger partial charge in [-0.1, -0.05) is 19.1 Å². The first-order valence-electron chi connectivity index (χ1n) is 4.73. The maximum Gasteiger partial charge on any atom is 0.225 e. The first-order chi connectivity index (χ1) is 6.66. The van der Waals surface area contributed by atoms with Crippen LogP contribution in [0.4, 0.5) is 5.69 Å². The Morgan fingerprint density at radius 2 is 2.29 bits per heavy atom. The average molecular weight is 207 g/mol. The van der Waals surface area contributed by atoms with Gasteiger partial charge in [-0.05, 0) is 18.6 Å². The van der Waals surface area contributed by atoms with E-state index in [1.54, 1.807) is 11.8 Å². The number of para-hydroxylation sites is 1. The monoisotopic (exact) mass is 207 g/mol. The van der Waals surface area contributed by atoms with Gasteiger partial charge in [0.25, 0.3) is 0 Å². The Labute approximate surface area is 88.1 Å². The minimum atomic E-state index is 0.123. The van der Waals surface area contributed by atoms with E-state index in [0.29, 0.717) is 11.7 Å². The SMILES string of the molecule is Cc1cccc2c1NC(=O)CC(C)S2. The zero-order chi connectivity index (χ0) is 10.1. The predicted molar refractivity (Wildman–Crippen MR) is 59.7 cm³/mol. The number of aryl methyl sites for hydroxylation is 1. The van der Waals surface area contributed by atoms with Gasteiger partial charge in [-0.25, -0.2) is 0 Å². The number of rotatable bonds is 0. The fourth-order valence-electron chi connectivity index (χ4n) is 1.61. The largest absolute Gasteiger partial charge is 0.325 e. The van der Waals surface area contributed by atoms with Crippen molar-refractivity contribution >= 4 is 23.4 Å². The summed E-state index contributed by atoms with van der Waals surface area (Å²) in [4.78, 5) is 12.7. The lowest BCUT2D eigenvalue weighted by Crippen LogP contribution is -2.13. The standard InChI is InChI=1S/C11H13NOS/c1-7-4-3-5-9-11(7)12-10(13)6-8(2)14-9/h3-5,8H,6H2,1-2H3,(H,12,13). The molecule has 2 nitrogen and oxygen atoms in total. The molecule has 1 aromatic rings. The molecule has 0 spiro atoms. The zero-order valence-corrected chi connectivity index (χ0v) is 9.15. The summed E-state index contributed by atoms with van der Waals surface area (Å²) in [5.41, 5.74) is 2.13. The fraction of sp³-hybridized carbons (Fsp3) is 0.364. The normalized spacial score (nSPS) is 21.0. The number of hydrogen-bond donors (Lipinski definition) is 1. The molecule has 0 aromatic heterocycles. The Kier molecular flexibility index (Phi) is 2.50. The highest BCUT2D eigenvalue weighted by atomic mass is 32.2. The van der Waals surface area contributed by atoms with E-state index in [1.165, 1.54) is 4.90 Å². The van der Waals surface area contributed by atoms with Crippen LogP contribution in [0.5, 0.6) is 0 Å². The van der Waals surface area contributed by atoms with Gasteiger partial charge in [-0.3, -0.25) is 4.79 Å². The summed E-state index contributed by atoms with van der Waals surface area (Å²) in [6.45, 7) is 4.11. The summed E-state index contributed by atoms with van der Waals surface area (Å²) in [6.07, 6.45) is 0.596. The molecule has 2 rings (SSSR count). The zero-order valence-electron chi connectivity index (χ0n) is 8.33. The van der Waals surface area contributed by atoms with Gasteiger partial charge in [0, 0.05) is 16.6 Å². The number of anilines is 1. The van der Waals surface area contributed by atoms with Gasteiger partial charge in [-0.15, -0.1) is 11.8 Å². The number of thioether (sulfide) groups is 1. The van der Waals surface area contributed by atoms with Gasteiger partial charge in [0.1, 0.15) is 0 Å². The Morgan fingerprint density at radius 3 is 3.07 bits per heavy atom. The summed E-state index contributed by atoms with van der Waals surface area (Å²) in [5, 5.41) is 3.32. The molecule has 0 fully saturated rings. The van der Waals surface area contributed by atoms with Crippen LogP contribution in [0.15, 0.2) is 23.1 Å². The topological polar surface area (TPSA) is 29.1 Å². The van der Waals surface area contributed by atoms with Crippen LogP contribution in [0.1, 0.15) is 18.9 Å². The fourth-order valence-corrected chi connectivity index (χ4v) is 2.76. The number of carbonyl (C=O) groups is 1. The molecule has 3 heteroatoms. The van der Waals surface area contributed by atoms with Crippen LogP contribution in [0.3, 0.4) is 0 Å². The third kappa shape index (κ3) is 1.77. The molecule has 1 heterocycles. The summed E-state index contributed by atoms with van der Waals surface area (Å²) < 4.78 is 0. The van der Waals surface area contributed by atoms with Gasteiger partial charge < -0.3 is 5.32 Å². The Morgan fingerprint density at radius 1 is 1.50 bits per heavy atom. The lowest BCUT2D eigenvalue weighted by atomic mass is 10.2. The lowest BCUT2D eigenvalue weighted by molar-refractivity contribution is -0.116. The number of fused-ring (bicyclic) bond motifs is 1. The molecule has 0 saturated carbocycles. The highest BCUT2D eigenvalue weighted by Crippen LogP contribution is 2.36. The van der Waals surface area contributed by atoms with E-state index in [4.69, 9.17) is 0 Å². The smallest absolute Gasteiger partial charge is 0.225 e. The van der Waals surface area contributed by atoms with Crippen molar-refractivity contribution in [3.8, 4) is 0 Å². The second-order valence-corrected chi connectivity index (χ2v) is 5.11. The third-order valence-electron chi connectivity index (χ3n) is 2.30. The summed E-state index contributed by atoms with van der Waals surface area (Å²) in [5.74, 6) is 0.123. The van der Waals surface area contributed by atoms with Crippen molar-refractivity contribution in [2.75, 3.05) is 5.32 Å². The van der Waals surface area contributed by atoms with E-state index in [2.05, 4.69) is 18.3 Å². The van der Waals surface area contributed by atoms with E-state index < -0.39 is 0 Å². The summed E-state index contributed by atoms with van der Waals surface area (Å²) in [7, 11) is 0. The number of hydrogen-bond acceptors (Lipinski definition) is 2. The van der Waals surface area contributed by atoms with E-state index >= 15 is 0 Å². The Bertz CT molecular complexity index is 376. The van der Waals surface area contributed by atoms with Crippen LogP contribution in [0.2, 0.25) is 0 Å². The van der Waals surface area contributed by atoms with Crippen LogP contribution < -0.4 is 5.32 Å². The molecule has 14 heavy (non-hydrogen) atoms. The van der Waals surface area contributed by atoms with Gasteiger partial charge >= 0.3 is 0 Å². The number of amides is 1. The Hall–Kier alpha value is -0.960. The molecule has 0 radical (unpaired) electrons. The van der Waals surface area contributed by atoms with Crippen LogP contribution in [-0.2, 0) is 4.79 Å². The van der Waals surface area contributed by atoms with Crippen molar-refractivity contribution in [3.05, 3.63) is 23.8 Å². The molecule has 1 aliphatic heterocycles. The highest BCUT2D eigenvalue weighted by molar-refractivity contribution is 8.00. The van der Waals surface area contributed by atoms with Crippen molar-refractivity contribution < 1.29 is 4.79 Å². The number of nitrogens with one attached hydrogen (secondary N) is 1. The van der Waals surface area contributed by atoms with E-state index in [-0.39, 0.29) is 5.91 Å². The molecule has 1 N–H and O–H groups in total. The maximum atomic E-state index is 11.5. The summed E-state index contributed by atoms with van der Waals surface area (Å²) >= 11 is 1.77. The molecule has 1 aromatic carbocycles. The van der Waals surface area contributed by atoms with Gasteiger partial charge in [0.05, 0.1) is 5.69 Å². The van der Waals surface area contributed by atoms with Crippen molar-refractivity contribution in [2.24, 2.45) is 0 Å². The number of carbonyl (C=O) groups excluding carboxylic acids is 1. The first-order valence-corrected chi connectivity index (χ1v) is 5.61. The molecular formula is C11H13NOS. The van der Waals surface area contributed by atoms with E-state index in [1.807, 2.05) is 19.1 Å². The van der Waals surface area contributed by atoms with Crippen LogP contribution >= 0.6 is 11.8 Å². The molecule has 0 saturated heterocycles. The molecule has 1 unspecified atom stereocenters. The van der Waals surface area contributed by atoms with E-state index in [9.17, 15) is 4.79 Å². The second-order valence-electron chi connectivity index (χ2n) is 3.63. The van der Waals surface area contributed by atoms with E-state index in [0.717, 1.165) is 11.3 Å². The molecule has 1 amide bonds. The predicted octanol–water partition coefficient (Wildman–Crippen LogP) is 2.82. The molecule has 74 valence electrons.